The van der Waals surface area contributed by atoms with Crippen molar-refractivity contribution in [2.45, 2.75) is 54.4 Å². The molecule has 0 amide bonds. The monoisotopic (exact) mass is 344 g/mol. The third kappa shape index (κ3) is 4.01. The highest BCUT2D eigenvalue weighted by atomic mass is 14.9. The average molecular weight is 345 g/mol. The summed E-state index contributed by atoms with van der Waals surface area (Å²) in [6.45, 7) is 12.8. The standard InChI is InChI=1S/C24H28N2/c1-15-7-8-17(3)22(11-15)14-24-25-20(6)19(5)23(26-24)13-21-10-9-16(2)18(4)12-21/h7-12H,13-14H2,1-6H3. The van der Waals surface area contributed by atoms with Crippen LogP contribution in [0.2, 0.25) is 0 Å². The normalized spacial score (nSPS) is 11.0. The van der Waals surface area contributed by atoms with Crippen molar-refractivity contribution in [1.82, 2.24) is 9.97 Å². The Kier molecular flexibility index (Phi) is 5.22. The maximum atomic E-state index is 4.94. The summed E-state index contributed by atoms with van der Waals surface area (Å²) in [6.07, 6.45) is 1.64. The van der Waals surface area contributed by atoms with E-state index < -0.39 is 0 Å². The summed E-state index contributed by atoms with van der Waals surface area (Å²) in [5, 5.41) is 0. The molecule has 2 heteroatoms. The van der Waals surface area contributed by atoms with E-state index in [0.717, 1.165) is 30.1 Å². The Morgan fingerprint density at radius 3 is 2.15 bits per heavy atom. The SMILES string of the molecule is Cc1ccc(C)c(Cc2nc(C)c(C)c(Cc3ccc(C)c(C)c3)n2)c1. The van der Waals surface area contributed by atoms with E-state index in [4.69, 9.17) is 9.97 Å². The second-order valence-electron chi connectivity index (χ2n) is 7.50. The van der Waals surface area contributed by atoms with Crippen LogP contribution in [-0.4, -0.2) is 9.97 Å². The average Bonchev–Trinajstić information content (AvgIpc) is 2.59. The van der Waals surface area contributed by atoms with E-state index in [-0.39, 0.29) is 0 Å². The largest absolute Gasteiger partial charge is 0.238 e. The van der Waals surface area contributed by atoms with Crippen LogP contribution in [0.4, 0.5) is 0 Å². The summed E-state index contributed by atoms with van der Waals surface area (Å²) >= 11 is 0. The predicted octanol–water partition coefficient (Wildman–Crippen LogP) is 5.51. The van der Waals surface area contributed by atoms with Gasteiger partial charge in [0.25, 0.3) is 0 Å². The highest BCUT2D eigenvalue weighted by Crippen LogP contribution is 2.19. The molecule has 0 radical (unpaired) electrons. The summed E-state index contributed by atoms with van der Waals surface area (Å²) in [7, 11) is 0. The summed E-state index contributed by atoms with van der Waals surface area (Å²) in [6, 6.07) is 13.3. The summed E-state index contributed by atoms with van der Waals surface area (Å²) in [5.41, 5.74) is 11.3. The quantitative estimate of drug-likeness (QED) is 0.624. The van der Waals surface area contributed by atoms with Gasteiger partial charge in [-0.15, -0.1) is 0 Å². The molecule has 2 nitrogen and oxygen atoms in total. The van der Waals surface area contributed by atoms with Gasteiger partial charge in [0.05, 0.1) is 5.69 Å². The van der Waals surface area contributed by atoms with Crippen LogP contribution in [-0.2, 0) is 12.8 Å². The van der Waals surface area contributed by atoms with E-state index in [1.807, 2.05) is 0 Å². The summed E-state index contributed by atoms with van der Waals surface area (Å²) in [4.78, 5) is 9.70. The van der Waals surface area contributed by atoms with Gasteiger partial charge in [-0.25, -0.2) is 9.97 Å². The van der Waals surface area contributed by atoms with E-state index in [1.165, 1.54) is 38.9 Å². The fourth-order valence-electron chi connectivity index (χ4n) is 3.27. The van der Waals surface area contributed by atoms with Crippen molar-refractivity contribution in [1.29, 1.82) is 0 Å². The lowest BCUT2D eigenvalue weighted by molar-refractivity contribution is 0.873. The van der Waals surface area contributed by atoms with Crippen LogP contribution in [0.5, 0.6) is 0 Å². The lowest BCUT2D eigenvalue weighted by atomic mass is 10.00. The zero-order valence-electron chi connectivity index (χ0n) is 16.8. The minimum absolute atomic E-state index is 0.786. The number of nitrogens with zero attached hydrogens (tertiary/aromatic N) is 2. The maximum Gasteiger partial charge on any atom is 0.133 e. The Morgan fingerprint density at radius 1 is 0.692 bits per heavy atom. The molecule has 0 spiro atoms. The number of benzene rings is 2. The molecule has 0 aliphatic heterocycles. The molecule has 0 N–H and O–H groups in total. The molecule has 1 aromatic heterocycles. The third-order valence-corrected chi connectivity index (χ3v) is 5.33. The molecule has 2 aromatic carbocycles. The number of aryl methyl sites for hydroxylation is 5. The third-order valence-electron chi connectivity index (χ3n) is 5.33. The first-order valence-corrected chi connectivity index (χ1v) is 9.28. The van der Waals surface area contributed by atoms with E-state index in [0.29, 0.717) is 0 Å². The molecule has 0 aliphatic rings. The lowest BCUT2D eigenvalue weighted by Crippen LogP contribution is -2.07. The molecule has 0 aliphatic carbocycles. The molecule has 0 unspecified atom stereocenters. The Bertz CT molecular complexity index is 955. The van der Waals surface area contributed by atoms with Crippen molar-refractivity contribution in [3.05, 3.63) is 92.6 Å². The van der Waals surface area contributed by atoms with Gasteiger partial charge in [0.15, 0.2) is 0 Å². The van der Waals surface area contributed by atoms with E-state index in [1.54, 1.807) is 0 Å². The Morgan fingerprint density at radius 2 is 1.42 bits per heavy atom. The minimum Gasteiger partial charge on any atom is -0.238 e. The Balaban J connectivity index is 1.93. The van der Waals surface area contributed by atoms with Crippen molar-refractivity contribution in [3.63, 3.8) is 0 Å². The zero-order valence-corrected chi connectivity index (χ0v) is 16.8. The maximum absolute atomic E-state index is 4.94. The summed E-state index contributed by atoms with van der Waals surface area (Å²) in [5.74, 6) is 0.917. The van der Waals surface area contributed by atoms with Gasteiger partial charge in [0.2, 0.25) is 0 Å². The molecule has 0 bridgehead atoms. The van der Waals surface area contributed by atoms with Crippen LogP contribution < -0.4 is 0 Å². The van der Waals surface area contributed by atoms with Gasteiger partial charge in [0, 0.05) is 18.5 Å². The molecular weight excluding hydrogens is 316 g/mol. The van der Waals surface area contributed by atoms with Crippen LogP contribution in [0.25, 0.3) is 0 Å². The van der Waals surface area contributed by atoms with Crippen LogP contribution in [0, 0.1) is 41.5 Å². The first-order valence-electron chi connectivity index (χ1n) is 9.28. The van der Waals surface area contributed by atoms with Gasteiger partial charge in [0.1, 0.15) is 5.82 Å². The van der Waals surface area contributed by atoms with Crippen LogP contribution in [0.15, 0.2) is 36.4 Å². The number of aromatic nitrogens is 2. The molecule has 134 valence electrons. The van der Waals surface area contributed by atoms with Crippen molar-refractivity contribution in [2.75, 3.05) is 0 Å². The highest BCUT2D eigenvalue weighted by Gasteiger charge is 2.11. The van der Waals surface area contributed by atoms with Gasteiger partial charge in [-0.1, -0.05) is 42.0 Å². The van der Waals surface area contributed by atoms with E-state index in [9.17, 15) is 0 Å². The number of rotatable bonds is 4. The van der Waals surface area contributed by atoms with Crippen molar-refractivity contribution >= 4 is 0 Å². The fourth-order valence-corrected chi connectivity index (χ4v) is 3.27. The fraction of sp³-hybridized carbons (Fsp3) is 0.333. The second-order valence-corrected chi connectivity index (χ2v) is 7.50. The van der Waals surface area contributed by atoms with Crippen molar-refractivity contribution in [2.24, 2.45) is 0 Å². The molecule has 26 heavy (non-hydrogen) atoms. The molecule has 0 fully saturated rings. The predicted molar refractivity (Wildman–Crippen MR) is 109 cm³/mol. The highest BCUT2D eigenvalue weighted by molar-refractivity contribution is 5.36. The van der Waals surface area contributed by atoms with Gasteiger partial charge in [-0.05, 0) is 74.9 Å². The molecule has 0 atom stereocenters. The molecule has 0 saturated heterocycles. The van der Waals surface area contributed by atoms with Gasteiger partial charge in [-0.2, -0.15) is 0 Å². The molecule has 1 heterocycles. The molecule has 3 rings (SSSR count). The molecule has 0 saturated carbocycles. The van der Waals surface area contributed by atoms with Crippen molar-refractivity contribution < 1.29 is 0 Å². The van der Waals surface area contributed by atoms with Crippen LogP contribution in [0.3, 0.4) is 0 Å². The Labute approximate surface area is 157 Å². The lowest BCUT2D eigenvalue weighted by Gasteiger charge is -2.13. The number of hydrogen-bond acceptors (Lipinski definition) is 2. The first kappa shape index (κ1) is 18.3. The summed E-state index contributed by atoms with van der Waals surface area (Å²) < 4.78 is 0. The van der Waals surface area contributed by atoms with Gasteiger partial charge < -0.3 is 0 Å². The molecule has 3 aromatic rings. The van der Waals surface area contributed by atoms with Gasteiger partial charge >= 0.3 is 0 Å². The minimum atomic E-state index is 0.786. The Hall–Kier alpha value is -2.48. The van der Waals surface area contributed by atoms with Crippen molar-refractivity contribution in [3.8, 4) is 0 Å². The van der Waals surface area contributed by atoms with Gasteiger partial charge in [-0.3, -0.25) is 0 Å². The zero-order chi connectivity index (χ0) is 18.8. The number of hydrogen-bond donors (Lipinski definition) is 0. The smallest absolute Gasteiger partial charge is 0.133 e. The van der Waals surface area contributed by atoms with E-state index in [2.05, 4.69) is 77.9 Å². The molecular formula is C24H28N2. The first-order chi connectivity index (χ1) is 12.3. The van der Waals surface area contributed by atoms with Crippen LogP contribution in [0.1, 0.15) is 56.2 Å². The second kappa shape index (κ2) is 7.41. The topological polar surface area (TPSA) is 25.8 Å². The van der Waals surface area contributed by atoms with E-state index >= 15 is 0 Å². The van der Waals surface area contributed by atoms with Crippen LogP contribution >= 0.6 is 0 Å².